The lowest BCUT2D eigenvalue weighted by Gasteiger charge is -1.96. The first-order valence-corrected chi connectivity index (χ1v) is 4.00. The van der Waals surface area contributed by atoms with Gasteiger partial charge in [0.15, 0.2) is 12.0 Å². The molecular formula is C10H9NO2. The summed E-state index contributed by atoms with van der Waals surface area (Å²) in [5, 5.41) is 3.96. The lowest BCUT2D eigenvalue weighted by molar-refractivity contribution is 0.110. The summed E-state index contributed by atoms with van der Waals surface area (Å²) in [7, 11) is 1.85. The average molecular weight is 175 g/mol. The number of furan rings is 1. The summed E-state index contributed by atoms with van der Waals surface area (Å²) in [4.78, 5) is 10.4. The molecule has 1 aromatic carbocycles. The molecule has 0 radical (unpaired) electrons. The van der Waals surface area contributed by atoms with Gasteiger partial charge in [-0.15, -0.1) is 0 Å². The Morgan fingerprint density at radius 2 is 2.23 bits per heavy atom. The number of benzene rings is 1. The number of carbonyl (C=O) groups excluding carboxylic acids is 1. The minimum atomic E-state index is 0.364. The van der Waals surface area contributed by atoms with Gasteiger partial charge in [0.2, 0.25) is 0 Å². The second-order valence-corrected chi connectivity index (χ2v) is 2.77. The van der Waals surface area contributed by atoms with E-state index in [1.165, 1.54) is 0 Å². The molecule has 1 aromatic heterocycles. The summed E-state index contributed by atoms with van der Waals surface area (Å²) in [6.45, 7) is 0. The highest BCUT2D eigenvalue weighted by Gasteiger charge is 2.02. The lowest BCUT2D eigenvalue weighted by Crippen LogP contribution is -1.85. The molecule has 0 spiro atoms. The summed E-state index contributed by atoms with van der Waals surface area (Å²) < 4.78 is 5.22. The largest absolute Gasteiger partial charge is 0.453 e. The first-order chi connectivity index (χ1) is 6.33. The lowest BCUT2D eigenvalue weighted by atomic mass is 10.2. The molecule has 0 saturated carbocycles. The quantitative estimate of drug-likeness (QED) is 0.712. The van der Waals surface area contributed by atoms with E-state index in [1.54, 1.807) is 6.07 Å². The average Bonchev–Trinajstić information content (AvgIpc) is 2.58. The third-order valence-electron chi connectivity index (χ3n) is 1.94. The Kier molecular flexibility index (Phi) is 1.77. The second kappa shape index (κ2) is 2.94. The monoisotopic (exact) mass is 175 g/mol. The Hall–Kier alpha value is -1.77. The highest BCUT2D eigenvalue weighted by molar-refractivity contribution is 5.87. The van der Waals surface area contributed by atoms with E-state index >= 15 is 0 Å². The Labute approximate surface area is 75.3 Å². The van der Waals surface area contributed by atoms with Crippen molar-refractivity contribution in [2.75, 3.05) is 12.4 Å². The first-order valence-electron chi connectivity index (χ1n) is 4.00. The van der Waals surface area contributed by atoms with Crippen molar-refractivity contribution < 1.29 is 9.21 Å². The van der Waals surface area contributed by atoms with Crippen LogP contribution in [-0.4, -0.2) is 13.3 Å². The van der Waals surface area contributed by atoms with Crippen molar-refractivity contribution in [3.63, 3.8) is 0 Å². The van der Waals surface area contributed by atoms with E-state index in [2.05, 4.69) is 5.32 Å². The van der Waals surface area contributed by atoms with Crippen LogP contribution in [0.2, 0.25) is 0 Å². The Balaban J connectivity index is 2.63. The van der Waals surface area contributed by atoms with Gasteiger partial charge in [-0.25, -0.2) is 0 Å². The zero-order valence-electron chi connectivity index (χ0n) is 7.20. The van der Waals surface area contributed by atoms with Gasteiger partial charge in [-0.3, -0.25) is 4.79 Å². The molecule has 0 aliphatic rings. The summed E-state index contributed by atoms with van der Waals surface area (Å²) in [6.07, 6.45) is 0.707. The summed E-state index contributed by atoms with van der Waals surface area (Å²) in [5.41, 5.74) is 1.74. The molecule has 0 unspecified atom stereocenters. The second-order valence-electron chi connectivity index (χ2n) is 2.77. The molecule has 0 atom stereocenters. The topological polar surface area (TPSA) is 42.2 Å². The van der Waals surface area contributed by atoms with E-state index < -0.39 is 0 Å². The van der Waals surface area contributed by atoms with E-state index in [4.69, 9.17) is 4.42 Å². The molecule has 0 aliphatic heterocycles. The van der Waals surface area contributed by atoms with E-state index in [9.17, 15) is 4.79 Å². The van der Waals surface area contributed by atoms with E-state index in [-0.39, 0.29) is 0 Å². The summed E-state index contributed by atoms with van der Waals surface area (Å²) >= 11 is 0. The van der Waals surface area contributed by atoms with E-state index in [0.717, 1.165) is 16.7 Å². The molecule has 0 amide bonds. The van der Waals surface area contributed by atoms with Gasteiger partial charge >= 0.3 is 0 Å². The van der Waals surface area contributed by atoms with Gasteiger partial charge in [-0.1, -0.05) is 0 Å². The number of rotatable bonds is 2. The molecule has 3 nitrogen and oxygen atoms in total. The molecule has 0 fully saturated rings. The molecule has 2 aromatic rings. The van der Waals surface area contributed by atoms with E-state index in [1.807, 2.05) is 25.2 Å². The molecule has 13 heavy (non-hydrogen) atoms. The fourth-order valence-electron chi connectivity index (χ4n) is 1.28. The van der Waals surface area contributed by atoms with Crippen LogP contribution in [0, 0.1) is 0 Å². The van der Waals surface area contributed by atoms with Crippen molar-refractivity contribution in [2.24, 2.45) is 0 Å². The third kappa shape index (κ3) is 1.28. The van der Waals surface area contributed by atoms with Gasteiger partial charge in [0.25, 0.3) is 0 Å². The van der Waals surface area contributed by atoms with Crippen LogP contribution in [0.3, 0.4) is 0 Å². The van der Waals surface area contributed by atoms with Crippen LogP contribution in [0.5, 0.6) is 0 Å². The van der Waals surface area contributed by atoms with Gasteiger partial charge in [0.05, 0.1) is 0 Å². The molecule has 66 valence electrons. The van der Waals surface area contributed by atoms with Crippen LogP contribution >= 0.6 is 0 Å². The van der Waals surface area contributed by atoms with Crippen molar-refractivity contribution >= 4 is 22.9 Å². The molecule has 0 aliphatic carbocycles. The van der Waals surface area contributed by atoms with Gasteiger partial charge in [-0.2, -0.15) is 0 Å². The number of aldehydes is 1. The predicted molar refractivity (Wildman–Crippen MR) is 51.1 cm³/mol. The molecule has 1 N–H and O–H groups in total. The highest BCUT2D eigenvalue weighted by Crippen LogP contribution is 2.21. The molecule has 1 heterocycles. The van der Waals surface area contributed by atoms with Crippen molar-refractivity contribution in [2.45, 2.75) is 0 Å². The third-order valence-corrected chi connectivity index (χ3v) is 1.94. The zero-order chi connectivity index (χ0) is 9.26. The van der Waals surface area contributed by atoms with Crippen LogP contribution in [0.15, 0.2) is 28.7 Å². The standard InChI is InChI=1S/C10H9NO2/c1-11-8-2-3-10-7(4-8)5-9(6-12)13-10/h2-6,11H,1H3. The maximum absolute atomic E-state index is 10.4. The Morgan fingerprint density at radius 1 is 1.38 bits per heavy atom. The number of anilines is 1. The molecule has 0 bridgehead atoms. The number of hydrogen-bond acceptors (Lipinski definition) is 3. The summed E-state index contributed by atoms with van der Waals surface area (Å²) in [5.74, 6) is 0.364. The van der Waals surface area contributed by atoms with Gasteiger partial charge < -0.3 is 9.73 Å². The molecule has 0 saturated heterocycles. The SMILES string of the molecule is CNc1ccc2oc(C=O)cc2c1. The maximum atomic E-state index is 10.4. The zero-order valence-corrected chi connectivity index (χ0v) is 7.20. The van der Waals surface area contributed by atoms with Crippen molar-refractivity contribution in [3.05, 3.63) is 30.0 Å². The van der Waals surface area contributed by atoms with Crippen LogP contribution in [-0.2, 0) is 0 Å². The van der Waals surface area contributed by atoms with Crippen molar-refractivity contribution in [1.82, 2.24) is 0 Å². The fourth-order valence-corrected chi connectivity index (χ4v) is 1.28. The number of carbonyl (C=O) groups is 1. The van der Waals surface area contributed by atoms with E-state index in [0.29, 0.717) is 12.0 Å². The molecule has 2 rings (SSSR count). The summed E-state index contributed by atoms with van der Waals surface area (Å²) in [6, 6.07) is 7.41. The van der Waals surface area contributed by atoms with Crippen LogP contribution in [0.4, 0.5) is 5.69 Å². The Bertz CT molecular complexity index is 445. The first kappa shape index (κ1) is 7.86. The molecular weight excluding hydrogens is 166 g/mol. The normalized spacial score (nSPS) is 10.2. The van der Waals surface area contributed by atoms with Crippen LogP contribution in [0.1, 0.15) is 10.6 Å². The number of hydrogen-bond donors (Lipinski definition) is 1. The van der Waals surface area contributed by atoms with Gasteiger partial charge in [0.1, 0.15) is 5.58 Å². The molecule has 3 heteroatoms. The minimum Gasteiger partial charge on any atom is -0.453 e. The van der Waals surface area contributed by atoms with Gasteiger partial charge in [-0.05, 0) is 24.3 Å². The predicted octanol–water partition coefficient (Wildman–Crippen LogP) is 2.29. The number of fused-ring (bicyclic) bond motifs is 1. The smallest absolute Gasteiger partial charge is 0.185 e. The minimum absolute atomic E-state index is 0.364. The highest BCUT2D eigenvalue weighted by atomic mass is 16.3. The van der Waals surface area contributed by atoms with Gasteiger partial charge in [0, 0.05) is 18.1 Å². The van der Waals surface area contributed by atoms with Crippen LogP contribution < -0.4 is 5.32 Å². The maximum Gasteiger partial charge on any atom is 0.185 e. The number of nitrogens with one attached hydrogen (secondary N) is 1. The van der Waals surface area contributed by atoms with Crippen molar-refractivity contribution in [3.8, 4) is 0 Å². The Morgan fingerprint density at radius 3 is 2.92 bits per heavy atom. The van der Waals surface area contributed by atoms with Crippen molar-refractivity contribution in [1.29, 1.82) is 0 Å². The fraction of sp³-hybridized carbons (Fsp3) is 0.100. The van der Waals surface area contributed by atoms with Crippen LogP contribution in [0.25, 0.3) is 11.0 Å².